The van der Waals surface area contributed by atoms with Gasteiger partial charge in [-0.05, 0) is 36.4 Å². The number of sulfonamides is 1. The van der Waals surface area contributed by atoms with Crippen LogP contribution in [0.4, 0.5) is 19.0 Å². The number of benzene rings is 2. The highest BCUT2D eigenvalue weighted by Gasteiger charge is 2.31. The van der Waals surface area contributed by atoms with E-state index in [9.17, 15) is 26.9 Å². The average molecular weight is 484 g/mol. The topological polar surface area (TPSA) is 101 Å². The molecule has 0 saturated carbocycles. The van der Waals surface area contributed by atoms with Crippen molar-refractivity contribution >= 4 is 49.7 Å². The van der Waals surface area contributed by atoms with Crippen LogP contribution >= 0.6 is 22.9 Å². The van der Waals surface area contributed by atoms with E-state index in [-0.39, 0.29) is 38.0 Å². The lowest BCUT2D eigenvalue weighted by molar-refractivity contribution is -0.137. The van der Waals surface area contributed by atoms with Crippen molar-refractivity contribution in [3.05, 3.63) is 63.6 Å². The average Bonchev–Trinajstić information content (AvgIpc) is 3.34. The van der Waals surface area contributed by atoms with E-state index in [1.807, 2.05) is 6.07 Å². The molecule has 4 rings (SSSR count). The zero-order chi connectivity index (χ0) is 22.4. The molecule has 2 aromatic carbocycles. The van der Waals surface area contributed by atoms with Crippen molar-refractivity contribution in [2.75, 3.05) is 4.72 Å². The summed E-state index contributed by atoms with van der Waals surface area (Å²) in [7, 11) is -4.01. The Morgan fingerprint density at radius 2 is 1.97 bits per heavy atom. The summed E-state index contributed by atoms with van der Waals surface area (Å²) < 4.78 is 67.6. The first-order valence-corrected chi connectivity index (χ1v) is 11.1. The molecule has 0 unspecified atom stereocenters. The fraction of sp³-hybridized carbons (Fsp3) is 0.0556. The molecule has 158 valence electrons. The molecule has 13 heteroatoms. The van der Waals surface area contributed by atoms with Gasteiger partial charge < -0.3 is 0 Å². The number of nitrogens with zero attached hydrogens (tertiary/aromatic N) is 4. The summed E-state index contributed by atoms with van der Waals surface area (Å²) in [6.45, 7) is 0. The number of halogens is 4. The Morgan fingerprint density at radius 1 is 1.19 bits per heavy atom. The first kappa shape index (κ1) is 21.1. The lowest BCUT2D eigenvalue weighted by atomic mass is 10.1. The molecule has 0 atom stereocenters. The minimum absolute atomic E-state index is 0.0438. The number of nitrogens with one attached hydrogen (secondary N) is 1. The highest BCUT2D eigenvalue weighted by Crippen LogP contribution is 2.35. The number of hydrogen-bond acceptors (Lipinski definition) is 6. The SMILES string of the molecule is N#Cc1cc(S(=O)(=O)Nc2cscn2)ccc1-n1nc(Cl)c2cc(C(F)(F)F)ccc21. The largest absolute Gasteiger partial charge is 0.416 e. The summed E-state index contributed by atoms with van der Waals surface area (Å²) >= 11 is 7.24. The van der Waals surface area contributed by atoms with Gasteiger partial charge in [-0.2, -0.15) is 23.5 Å². The van der Waals surface area contributed by atoms with Crippen molar-refractivity contribution in [1.29, 1.82) is 5.26 Å². The first-order chi connectivity index (χ1) is 14.6. The highest BCUT2D eigenvalue weighted by molar-refractivity contribution is 7.92. The lowest BCUT2D eigenvalue weighted by Gasteiger charge is -2.10. The molecule has 0 aliphatic carbocycles. The van der Waals surface area contributed by atoms with Gasteiger partial charge in [0.05, 0.1) is 32.7 Å². The van der Waals surface area contributed by atoms with Crippen LogP contribution in [-0.2, 0) is 16.2 Å². The van der Waals surface area contributed by atoms with Crippen LogP contribution in [0.2, 0.25) is 5.15 Å². The van der Waals surface area contributed by atoms with Crippen LogP contribution in [0.25, 0.3) is 16.6 Å². The minimum atomic E-state index is -4.56. The molecule has 0 bridgehead atoms. The number of thiazole rings is 1. The predicted molar refractivity (Wildman–Crippen MR) is 109 cm³/mol. The number of aromatic nitrogens is 3. The van der Waals surface area contributed by atoms with Crippen molar-refractivity contribution in [2.45, 2.75) is 11.1 Å². The predicted octanol–water partition coefficient (Wildman–Crippen LogP) is 4.83. The minimum Gasteiger partial charge on any atom is -0.263 e. The Bertz CT molecular complexity index is 1440. The molecule has 1 N–H and O–H groups in total. The third-order valence-corrected chi connectivity index (χ3v) is 6.48. The van der Waals surface area contributed by atoms with Crippen molar-refractivity contribution in [3.8, 4) is 11.8 Å². The third kappa shape index (κ3) is 3.95. The molecule has 0 saturated heterocycles. The zero-order valence-corrected chi connectivity index (χ0v) is 17.4. The molecule has 0 aliphatic rings. The molecule has 0 radical (unpaired) electrons. The van der Waals surface area contributed by atoms with Gasteiger partial charge in [-0.3, -0.25) is 4.72 Å². The first-order valence-electron chi connectivity index (χ1n) is 8.31. The zero-order valence-electron chi connectivity index (χ0n) is 15.1. The molecule has 2 heterocycles. The Labute approximate surface area is 182 Å². The van der Waals surface area contributed by atoms with Crippen LogP contribution in [-0.4, -0.2) is 23.2 Å². The van der Waals surface area contributed by atoms with Gasteiger partial charge in [0.25, 0.3) is 10.0 Å². The molecule has 2 aromatic heterocycles. The molecular weight excluding hydrogens is 475 g/mol. The monoisotopic (exact) mass is 483 g/mol. The summed E-state index contributed by atoms with van der Waals surface area (Å²) in [6.07, 6.45) is -4.56. The van der Waals surface area contributed by atoms with Crippen molar-refractivity contribution in [2.24, 2.45) is 0 Å². The van der Waals surface area contributed by atoms with E-state index in [4.69, 9.17) is 11.6 Å². The summed E-state index contributed by atoms with van der Waals surface area (Å²) in [5.74, 6) is 0.137. The Kier molecular flexibility index (Phi) is 5.12. The van der Waals surface area contributed by atoms with Gasteiger partial charge >= 0.3 is 6.18 Å². The van der Waals surface area contributed by atoms with E-state index in [2.05, 4.69) is 14.8 Å². The van der Waals surface area contributed by atoms with Crippen LogP contribution < -0.4 is 4.72 Å². The van der Waals surface area contributed by atoms with Gasteiger partial charge in [-0.15, -0.1) is 11.3 Å². The standard InChI is InChI=1S/C18H9ClF3N5O2S2/c19-17-13-6-11(18(20,21)22)1-3-15(13)27(25-17)14-4-2-12(5-10(14)7-23)31(28,29)26-16-8-30-9-24-16/h1-6,8-9,26H. The molecule has 4 aromatic rings. The molecule has 31 heavy (non-hydrogen) atoms. The van der Waals surface area contributed by atoms with Crippen LogP contribution in [0.1, 0.15) is 11.1 Å². The summed E-state index contributed by atoms with van der Waals surface area (Å²) in [5, 5.41) is 15.0. The lowest BCUT2D eigenvalue weighted by Crippen LogP contribution is -2.14. The second-order valence-corrected chi connectivity index (χ2v) is 8.96. The Morgan fingerprint density at radius 3 is 2.61 bits per heavy atom. The Hall–Kier alpha value is -3.14. The second-order valence-electron chi connectivity index (χ2n) is 6.20. The molecule has 7 nitrogen and oxygen atoms in total. The normalized spacial score (nSPS) is 12.1. The van der Waals surface area contributed by atoms with Gasteiger partial charge in [-0.25, -0.2) is 18.1 Å². The number of anilines is 1. The summed E-state index contributed by atoms with van der Waals surface area (Å²) in [4.78, 5) is 3.66. The van der Waals surface area contributed by atoms with Gasteiger partial charge in [0, 0.05) is 10.8 Å². The maximum atomic E-state index is 13.0. The van der Waals surface area contributed by atoms with Gasteiger partial charge in [0.1, 0.15) is 6.07 Å². The fourth-order valence-corrected chi connectivity index (χ4v) is 4.67. The molecule has 0 fully saturated rings. The van der Waals surface area contributed by atoms with Gasteiger partial charge in [-0.1, -0.05) is 11.6 Å². The van der Waals surface area contributed by atoms with Crippen LogP contribution in [0.3, 0.4) is 0 Å². The fourth-order valence-electron chi connectivity index (χ4n) is 2.86. The van der Waals surface area contributed by atoms with Crippen LogP contribution in [0, 0.1) is 11.3 Å². The van der Waals surface area contributed by atoms with E-state index in [1.54, 1.807) is 0 Å². The van der Waals surface area contributed by atoms with E-state index in [0.29, 0.717) is 0 Å². The maximum absolute atomic E-state index is 13.0. The third-order valence-electron chi connectivity index (χ3n) is 4.26. The van der Waals surface area contributed by atoms with E-state index >= 15 is 0 Å². The number of hydrogen-bond donors (Lipinski definition) is 1. The number of fused-ring (bicyclic) bond motifs is 1. The van der Waals surface area contributed by atoms with Gasteiger partial charge in [0.2, 0.25) is 0 Å². The molecule has 0 amide bonds. The number of rotatable bonds is 4. The second kappa shape index (κ2) is 7.52. The summed E-state index contributed by atoms with van der Waals surface area (Å²) in [6, 6.07) is 8.52. The number of alkyl halides is 3. The quantitative estimate of drug-likeness (QED) is 0.448. The van der Waals surface area contributed by atoms with Crippen LogP contribution in [0.5, 0.6) is 0 Å². The smallest absolute Gasteiger partial charge is 0.263 e. The van der Waals surface area contributed by atoms with Crippen molar-refractivity contribution in [1.82, 2.24) is 14.8 Å². The van der Waals surface area contributed by atoms with Crippen molar-refractivity contribution in [3.63, 3.8) is 0 Å². The number of nitriles is 1. The Balaban J connectivity index is 1.81. The maximum Gasteiger partial charge on any atom is 0.416 e. The van der Waals surface area contributed by atoms with E-state index < -0.39 is 21.8 Å². The van der Waals surface area contributed by atoms with E-state index in [0.717, 1.165) is 18.2 Å². The van der Waals surface area contributed by atoms with Crippen molar-refractivity contribution < 1.29 is 21.6 Å². The molecule has 0 spiro atoms. The van der Waals surface area contributed by atoms with E-state index in [1.165, 1.54) is 45.1 Å². The molecule has 0 aliphatic heterocycles. The van der Waals surface area contributed by atoms with Gasteiger partial charge in [0.15, 0.2) is 11.0 Å². The highest BCUT2D eigenvalue weighted by atomic mass is 35.5. The molecular formula is C18H9ClF3N5O2S2. The summed E-state index contributed by atoms with van der Waals surface area (Å²) in [5.41, 5.74) is 0.884. The van der Waals surface area contributed by atoms with Crippen LogP contribution in [0.15, 0.2) is 52.2 Å².